The van der Waals surface area contributed by atoms with E-state index in [0.29, 0.717) is 6.61 Å². The van der Waals surface area contributed by atoms with Gasteiger partial charge in [-0.15, -0.1) is 0 Å². The van der Waals surface area contributed by atoms with Gasteiger partial charge in [-0.25, -0.2) is 4.98 Å². The summed E-state index contributed by atoms with van der Waals surface area (Å²) in [4.78, 5) is 22.0. The SMILES string of the molecule is CC(c1c[nH]c2ccccc12)N(C)C(=O)C=Cc1cnc2c(c1)OCCN2. The minimum Gasteiger partial charge on any atom is -0.488 e. The largest absolute Gasteiger partial charge is 0.488 e. The van der Waals surface area contributed by atoms with Gasteiger partial charge in [0.2, 0.25) is 5.91 Å². The number of carbonyl (C=O) groups excluding carboxylic acids is 1. The molecule has 0 radical (unpaired) electrons. The Bertz CT molecular complexity index is 1010. The Kier molecular flexibility index (Phi) is 4.54. The quantitative estimate of drug-likeness (QED) is 0.696. The van der Waals surface area contributed by atoms with E-state index < -0.39 is 0 Å². The van der Waals surface area contributed by atoms with Crippen LogP contribution in [0.1, 0.15) is 24.1 Å². The fraction of sp³-hybridized carbons (Fsp3) is 0.238. The van der Waals surface area contributed by atoms with Gasteiger partial charge in [-0.1, -0.05) is 18.2 Å². The molecule has 1 aliphatic rings. The Morgan fingerprint density at radius 3 is 3.11 bits per heavy atom. The first-order valence-corrected chi connectivity index (χ1v) is 9.01. The van der Waals surface area contributed by atoms with E-state index in [9.17, 15) is 4.79 Å². The highest BCUT2D eigenvalue weighted by Crippen LogP contribution is 2.28. The molecule has 6 nitrogen and oxygen atoms in total. The predicted molar refractivity (Wildman–Crippen MR) is 107 cm³/mol. The smallest absolute Gasteiger partial charge is 0.246 e. The molecule has 0 spiro atoms. The third-order valence-electron chi connectivity index (χ3n) is 4.94. The van der Waals surface area contributed by atoms with Crippen molar-refractivity contribution in [2.24, 2.45) is 0 Å². The summed E-state index contributed by atoms with van der Waals surface area (Å²) in [6.07, 6.45) is 7.05. The highest BCUT2D eigenvalue weighted by Gasteiger charge is 2.18. The number of anilines is 1. The molecular formula is C21H22N4O2. The Labute approximate surface area is 157 Å². The van der Waals surface area contributed by atoms with Gasteiger partial charge in [-0.2, -0.15) is 0 Å². The van der Waals surface area contributed by atoms with E-state index in [1.807, 2.05) is 44.4 Å². The van der Waals surface area contributed by atoms with Crippen LogP contribution < -0.4 is 10.1 Å². The van der Waals surface area contributed by atoms with Gasteiger partial charge >= 0.3 is 0 Å². The topological polar surface area (TPSA) is 70.2 Å². The number of H-pyrrole nitrogens is 1. The fourth-order valence-corrected chi connectivity index (χ4v) is 3.25. The summed E-state index contributed by atoms with van der Waals surface area (Å²) in [5.74, 6) is 1.40. The molecule has 6 heteroatoms. The number of amides is 1. The fourth-order valence-electron chi connectivity index (χ4n) is 3.25. The number of hydrogen-bond donors (Lipinski definition) is 2. The van der Waals surface area contributed by atoms with Crippen molar-refractivity contribution in [2.45, 2.75) is 13.0 Å². The zero-order valence-corrected chi connectivity index (χ0v) is 15.4. The van der Waals surface area contributed by atoms with E-state index in [1.165, 1.54) is 0 Å². The van der Waals surface area contributed by atoms with Crippen molar-refractivity contribution in [2.75, 3.05) is 25.5 Å². The van der Waals surface area contributed by atoms with Crippen LogP contribution in [0.15, 0.2) is 48.8 Å². The van der Waals surface area contributed by atoms with E-state index in [4.69, 9.17) is 4.74 Å². The van der Waals surface area contributed by atoms with Crippen molar-refractivity contribution < 1.29 is 9.53 Å². The number of pyridine rings is 1. The molecule has 1 atom stereocenters. The first-order chi connectivity index (χ1) is 13.1. The minimum absolute atomic E-state index is 0.0486. The van der Waals surface area contributed by atoms with Crippen molar-refractivity contribution in [3.8, 4) is 5.75 Å². The number of nitrogens with zero attached hydrogens (tertiary/aromatic N) is 2. The van der Waals surface area contributed by atoms with Gasteiger partial charge in [-0.3, -0.25) is 4.79 Å². The van der Waals surface area contributed by atoms with E-state index in [0.717, 1.165) is 40.1 Å². The molecule has 138 valence electrons. The first-order valence-electron chi connectivity index (χ1n) is 9.01. The summed E-state index contributed by atoms with van der Waals surface area (Å²) in [5.41, 5.74) is 3.01. The highest BCUT2D eigenvalue weighted by atomic mass is 16.5. The number of para-hydroxylation sites is 1. The highest BCUT2D eigenvalue weighted by molar-refractivity contribution is 5.92. The van der Waals surface area contributed by atoms with Gasteiger partial charge in [0.15, 0.2) is 11.6 Å². The maximum absolute atomic E-state index is 12.6. The van der Waals surface area contributed by atoms with Crippen molar-refractivity contribution in [3.05, 3.63) is 59.9 Å². The molecule has 2 N–H and O–H groups in total. The molecule has 4 rings (SSSR count). The molecule has 3 heterocycles. The van der Waals surface area contributed by atoms with Gasteiger partial charge < -0.3 is 19.9 Å². The second-order valence-corrected chi connectivity index (χ2v) is 6.64. The summed E-state index contributed by atoms with van der Waals surface area (Å²) in [7, 11) is 1.82. The summed E-state index contributed by atoms with van der Waals surface area (Å²) < 4.78 is 5.59. The average Bonchev–Trinajstić information content (AvgIpc) is 3.15. The van der Waals surface area contributed by atoms with Crippen LogP contribution in [-0.2, 0) is 4.79 Å². The Balaban J connectivity index is 1.49. The number of nitrogens with one attached hydrogen (secondary N) is 2. The van der Waals surface area contributed by atoms with E-state index in [2.05, 4.69) is 21.4 Å². The molecule has 0 bridgehead atoms. The van der Waals surface area contributed by atoms with Crippen LogP contribution in [0.3, 0.4) is 0 Å². The van der Waals surface area contributed by atoms with Crippen LogP contribution in [0.25, 0.3) is 17.0 Å². The van der Waals surface area contributed by atoms with E-state index in [-0.39, 0.29) is 11.9 Å². The number of carbonyl (C=O) groups is 1. The van der Waals surface area contributed by atoms with Crippen molar-refractivity contribution in [1.82, 2.24) is 14.9 Å². The molecule has 0 saturated heterocycles. The molecule has 0 fully saturated rings. The molecule has 3 aromatic rings. The number of benzene rings is 1. The van der Waals surface area contributed by atoms with Crippen molar-refractivity contribution >= 4 is 28.7 Å². The Morgan fingerprint density at radius 2 is 2.22 bits per heavy atom. The Morgan fingerprint density at radius 1 is 1.37 bits per heavy atom. The second kappa shape index (κ2) is 7.15. The summed E-state index contributed by atoms with van der Waals surface area (Å²) in [6, 6.07) is 9.95. The van der Waals surface area contributed by atoms with Crippen LogP contribution in [0, 0.1) is 0 Å². The number of aromatic nitrogens is 2. The molecule has 1 aliphatic heterocycles. The lowest BCUT2D eigenvalue weighted by molar-refractivity contribution is -0.126. The summed E-state index contributed by atoms with van der Waals surface area (Å²) >= 11 is 0. The first kappa shape index (κ1) is 17.1. The van der Waals surface area contributed by atoms with Gasteiger partial charge in [0.05, 0.1) is 12.6 Å². The van der Waals surface area contributed by atoms with Gasteiger partial charge in [0, 0.05) is 36.4 Å². The number of fused-ring (bicyclic) bond motifs is 2. The maximum Gasteiger partial charge on any atom is 0.246 e. The van der Waals surface area contributed by atoms with Gasteiger partial charge in [0.1, 0.15) is 6.61 Å². The number of ether oxygens (including phenoxy) is 1. The van der Waals surface area contributed by atoms with Crippen LogP contribution in [0.5, 0.6) is 5.75 Å². The average molecular weight is 362 g/mol. The zero-order chi connectivity index (χ0) is 18.8. The van der Waals surface area contributed by atoms with Crippen LogP contribution >= 0.6 is 0 Å². The number of aromatic amines is 1. The molecule has 2 aromatic heterocycles. The van der Waals surface area contributed by atoms with Gasteiger partial charge in [0.25, 0.3) is 0 Å². The number of likely N-dealkylation sites (N-methyl/N-ethyl adjacent to an activating group) is 1. The molecular weight excluding hydrogens is 340 g/mol. The molecule has 1 aromatic carbocycles. The lowest BCUT2D eigenvalue weighted by Gasteiger charge is -2.23. The molecule has 1 amide bonds. The van der Waals surface area contributed by atoms with Crippen LogP contribution in [0.2, 0.25) is 0 Å². The van der Waals surface area contributed by atoms with E-state index in [1.54, 1.807) is 23.2 Å². The van der Waals surface area contributed by atoms with Gasteiger partial charge in [-0.05, 0) is 36.3 Å². The predicted octanol–water partition coefficient (Wildman–Crippen LogP) is 3.60. The number of hydrogen-bond acceptors (Lipinski definition) is 4. The maximum atomic E-state index is 12.6. The Hall–Kier alpha value is -3.28. The lowest BCUT2D eigenvalue weighted by atomic mass is 10.1. The number of rotatable bonds is 4. The van der Waals surface area contributed by atoms with E-state index >= 15 is 0 Å². The molecule has 27 heavy (non-hydrogen) atoms. The normalized spacial score (nSPS) is 14.4. The third kappa shape index (κ3) is 3.38. The monoisotopic (exact) mass is 362 g/mol. The van der Waals surface area contributed by atoms with Crippen molar-refractivity contribution in [3.63, 3.8) is 0 Å². The lowest BCUT2D eigenvalue weighted by Crippen LogP contribution is -2.27. The second-order valence-electron chi connectivity index (χ2n) is 6.64. The molecule has 1 unspecified atom stereocenters. The minimum atomic E-state index is -0.0652. The standard InChI is InChI=1S/C21H22N4O2/c1-14(17-13-23-18-6-4-3-5-16(17)18)25(2)20(26)8-7-15-11-19-21(24-12-15)22-9-10-27-19/h3-8,11-14,23H,9-10H2,1-2H3,(H,22,24). The van der Waals surface area contributed by atoms with Crippen molar-refractivity contribution in [1.29, 1.82) is 0 Å². The summed E-state index contributed by atoms with van der Waals surface area (Å²) in [5, 5.41) is 4.32. The van der Waals surface area contributed by atoms with Crippen LogP contribution in [-0.4, -0.2) is 41.0 Å². The third-order valence-corrected chi connectivity index (χ3v) is 4.94. The molecule has 0 saturated carbocycles. The zero-order valence-electron chi connectivity index (χ0n) is 15.4. The van der Waals surface area contributed by atoms with Crippen LogP contribution in [0.4, 0.5) is 5.82 Å². The summed E-state index contributed by atoms with van der Waals surface area (Å²) in [6.45, 7) is 3.40. The molecule has 0 aliphatic carbocycles.